The van der Waals surface area contributed by atoms with Gasteiger partial charge in [-0.25, -0.2) is 4.79 Å². The molecule has 0 heterocycles. The summed E-state index contributed by atoms with van der Waals surface area (Å²) in [5, 5.41) is 0. The van der Waals surface area contributed by atoms with Gasteiger partial charge in [-0.05, 0) is 13.3 Å². The van der Waals surface area contributed by atoms with E-state index in [1.54, 1.807) is 29.9 Å². The minimum atomic E-state index is -0.451. The molecular weight excluding hydrogens is 259 g/mol. The first-order valence-corrected chi connectivity index (χ1v) is 4.54. The third-order valence-corrected chi connectivity index (χ3v) is 1.97. The summed E-state index contributed by atoms with van der Waals surface area (Å²) in [6.45, 7) is 4.21. The topological polar surface area (TPSA) is 35.5 Å². The van der Waals surface area contributed by atoms with Gasteiger partial charge in [-0.3, -0.25) is 0 Å². The number of hydrogen-bond acceptors (Lipinski definition) is 3. The molecule has 0 saturated carbocycles. The molecule has 0 saturated heterocycles. The van der Waals surface area contributed by atoms with Crippen molar-refractivity contribution in [1.29, 1.82) is 0 Å². The predicted molar refractivity (Wildman–Crippen MR) is 50.4 cm³/mol. The van der Waals surface area contributed by atoms with Crippen LogP contribution in [0.4, 0.5) is 0 Å². The Hall–Kier alpha value is 0.160. The summed E-state index contributed by atoms with van der Waals surface area (Å²) in [5.74, 6) is -0.284. The fourth-order valence-corrected chi connectivity index (χ4v) is 0.678. The molecule has 1 unspecified atom stereocenters. The van der Waals surface area contributed by atoms with Gasteiger partial charge in [-0.15, -0.1) is 0 Å². The Bertz CT molecular complexity index is 116. The zero-order valence-electron chi connectivity index (χ0n) is 6.80. The van der Waals surface area contributed by atoms with E-state index in [1.165, 1.54) is 0 Å². The maximum atomic E-state index is 10.9. The standard InChI is InChI=1S/C7H13IO3/c1-3-4-5-10-7(9)6(2)11-8/h6H,3-5H2,1-2H3. The second-order valence-electron chi connectivity index (χ2n) is 2.25. The van der Waals surface area contributed by atoms with E-state index >= 15 is 0 Å². The van der Waals surface area contributed by atoms with Gasteiger partial charge in [0.15, 0.2) is 6.10 Å². The Labute approximate surface area is 81.1 Å². The quantitative estimate of drug-likeness (QED) is 0.436. The monoisotopic (exact) mass is 272 g/mol. The van der Waals surface area contributed by atoms with E-state index in [9.17, 15) is 4.79 Å². The number of unbranched alkanes of at least 4 members (excludes halogenated alkanes) is 1. The molecule has 0 radical (unpaired) electrons. The number of rotatable bonds is 5. The Morgan fingerprint density at radius 3 is 2.73 bits per heavy atom. The highest BCUT2D eigenvalue weighted by atomic mass is 127. The zero-order valence-corrected chi connectivity index (χ0v) is 8.96. The molecule has 0 amide bonds. The van der Waals surface area contributed by atoms with Crippen molar-refractivity contribution in [3.8, 4) is 0 Å². The highest BCUT2D eigenvalue weighted by Crippen LogP contribution is 2.00. The van der Waals surface area contributed by atoms with Crippen molar-refractivity contribution in [1.82, 2.24) is 0 Å². The number of esters is 1. The third kappa shape index (κ3) is 5.43. The van der Waals surface area contributed by atoms with Crippen LogP contribution in [0.1, 0.15) is 26.7 Å². The average Bonchev–Trinajstić information content (AvgIpc) is 2.03. The summed E-state index contributed by atoms with van der Waals surface area (Å²) in [5.41, 5.74) is 0. The zero-order chi connectivity index (χ0) is 8.69. The van der Waals surface area contributed by atoms with Crippen molar-refractivity contribution in [3.63, 3.8) is 0 Å². The molecule has 11 heavy (non-hydrogen) atoms. The van der Waals surface area contributed by atoms with Crippen molar-refractivity contribution in [2.75, 3.05) is 6.61 Å². The lowest BCUT2D eigenvalue weighted by atomic mass is 10.3. The van der Waals surface area contributed by atoms with Crippen LogP contribution in [0.15, 0.2) is 0 Å². The van der Waals surface area contributed by atoms with E-state index in [2.05, 4.69) is 0 Å². The van der Waals surface area contributed by atoms with Crippen LogP contribution >= 0.6 is 23.0 Å². The molecule has 0 aliphatic rings. The van der Waals surface area contributed by atoms with Crippen LogP contribution in [0, 0.1) is 0 Å². The Balaban J connectivity index is 3.36. The van der Waals surface area contributed by atoms with Crippen molar-refractivity contribution in [2.24, 2.45) is 0 Å². The fourth-order valence-electron chi connectivity index (χ4n) is 0.471. The molecule has 0 spiro atoms. The summed E-state index contributed by atoms with van der Waals surface area (Å²) in [7, 11) is 0. The smallest absolute Gasteiger partial charge is 0.336 e. The van der Waals surface area contributed by atoms with Gasteiger partial charge in [0.1, 0.15) is 23.0 Å². The first kappa shape index (κ1) is 11.2. The minimum Gasteiger partial charge on any atom is -0.464 e. The molecule has 0 aromatic rings. The summed E-state index contributed by atoms with van der Waals surface area (Å²) >= 11 is 1.69. The van der Waals surface area contributed by atoms with Crippen LogP contribution in [0.3, 0.4) is 0 Å². The van der Waals surface area contributed by atoms with E-state index < -0.39 is 6.10 Å². The molecule has 0 fully saturated rings. The van der Waals surface area contributed by atoms with Crippen molar-refractivity contribution >= 4 is 29.0 Å². The third-order valence-electron chi connectivity index (χ3n) is 1.21. The molecule has 1 atom stereocenters. The van der Waals surface area contributed by atoms with Gasteiger partial charge in [0.05, 0.1) is 6.61 Å². The van der Waals surface area contributed by atoms with Gasteiger partial charge in [-0.2, -0.15) is 0 Å². The van der Waals surface area contributed by atoms with E-state index in [0.717, 1.165) is 12.8 Å². The lowest BCUT2D eigenvalue weighted by Crippen LogP contribution is -2.20. The number of ether oxygens (including phenoxy) is 1. The molecular formula is C7H13IO3. The number of hydrogen-bond donors (Lipinski definition) is 0. The van der Waals surface area contributed by atoms with E-state index in [0.29, 0.717) is 6.61 Å². The number of carbonyl (C=O) groups is 1. The van der Waals surface area contributed by atoms with Gasteiger partial charge in [-0.1, -0.05) is 13.3 Å². The Morgan fingerprint density at radius 2 is 2.27 bits per heavy atom. The maximum absolute atomic E-state index is 10.9. The largest absolute Gasteiger partial charge is 0.464 e. The minimum absolute atomic E-state index is 0.284. The van der Waals surface area contributed by atoms with E-state index in [-0.39, 0.29) is 5.97 Å². The number of halogens is 1. The summed E-state index contributed by atoms with van der Waals surface area (Å²) in [6.07, 6.45) is 1.50. The molecule has 0 N–H and O–H groups in total. The summed E-state index contributed by atoms with van der Waals surface area (Å²) in [4.78, 5) is 10.9. The highest BCUT2D eigenvalue weighted by Gasteiger charge is 2.12. The van der Waals surface area contributed by atoms with E-state index in [1.807, 2.05) is 6.92 Å². The maximum Gasteiger partial charge on any atom is 0.336 e. The molecule has 0 aromatic carbocycles. The van der Waals surface area contributed by atoms with Gasteiger partial charge >= 0.3 is 5.97 Å². The fraction of sp³-hybridized carbons (Fsp3) is 0.857. The van der Waals surface area contributed by atoms with Crippen LogP contribution in [0.5, 0.6) is 0 Å². The molecule has 66 valence electrons. The SMILES string of the molecule is CCCCOC(=O)C(C)OI. The summed E-state index contributed by atoms with van der Waals surface area (Å²) < 4.78 is 9.60. The predicted octanol–water partition coefficient (Wildman–Crippen LogP) is 2.08. The van der Waals surface area contributed by atoms with Crippen LogP contribution in [-0.2, 0) is 12.6 Å². The van der Waals surface area contributed by atoms with Crippen molar-refractivity contribution in [3.05, 3.63) is 0 Å². The first-order chi connectivity index (χ1) is 5.22. The Morgan fingerprint density at radius 1 is 1.64 bits per heavy atom. The lowest BCUT2D eigenvalue weighted by Gasteiger charge is -2.07. The number of carbonyl (C=O) groups excluding carboxylic acids is 1. The average molecular weight is 272 g/mol. The van der Waals surface area contributed by atoms with Crippen LogP contribution < -0.4 is 0 Å². The van der Waals surface area contributed by atoms with Crippen molar-refractivity contribution < 1.29 is 12.6 Å². The van der Waals surface area contributed by atoms with Gasteiger partial charge in [0, 0.05) is 0 Å². The molecule has 0 rings (SSSR count). The highest BCUT2D eigenvalue weighted by molar-refractivity contribution is 14.1. The molecule has 4 heteroatoms. The molecule has 0 aliphatic carbocycles. The molecule has 0 bridgehead atoms. The lowest BCUT2D eigenvalue weighted by molar-refractivity contribution is -0.149. The van der Waals surface area contributed by atoms with Crippen LogP contribution in [-0.4, -0.2) is 18.7 Å². The van der Waals surface area contributed by atoms with Crippen molar-refractivity contribution in [2.45, 2.75) is 32.8 Å². The van der Waals surface area contributed by atoms with E-state index in [4.69, 9.17) is 7.80 Å². The molecule has 0 aromatic heterocycles. The second-order valence-corrected chi connectivity index (χ2v) is 2.76. The Kier molecular flexibility index (Phi) is 6.94. The van der Waals surface area contributed by atoms with Crippen LogP contribution in [0.25, 0.3) is 0 Å². The van der Waals surface area contributed by atoms with Gasteiger partial charge in [0.25, 0.3) is 0 Å². The van der Waals surface area contributed by atoms with Crippen LogP contribution in [0.2, 0.25) is 0 Å². The van der Waals surface area contributed by atoms with Gasteiger partial charge in [0.2, 0.25) is 0 Å². The van der Waals surface area contributed by atoms with Gasteiger partial charge < -0.3 is 7.80 Å². The molecule has 3 nitrogen and oxygen atoms in total. The second kappa shape index (κ2) is 6.84. The first-order valence-electron chi connectivity index (χ1n) is 3.66. The normalized spacial score (nSPS) is 12.6. The summed E-state index contributed by atoms with van der Waals surface area (Å²) in [6, 6.07) is 0. The molecule has 0 aliphatic heterocycles.